The predicted molar refractivity (Wildman–Crippen MR) is 73.7 cm³/mol. The number of hydrogen-bond donors (Lipinski definition) is 1. The molecule has 18 heavy (non-hydrogen) atoms. The summed E-state index contributed by atoms with van der Waals surface area (Å²) in [6, 6.07) is 5.82. The van der Waals surface area contributed by atoms with Crippen LogP contribution in [0.25, 0.3) is 10.6 Å². The van der Waals surface area contributed by atoms with Crippen molar-refractivity contribution in [2.45, 2.75) is 13.8 Å². The molecule has 0 aliphatic rings. The number of nitrogens with one attached hydrogen (secondary N) is 1. The fraction of sp³-hybridized carbons (Fsp3) is 0.385. The van der Waals surface area contributed by atoms with E-state index in [0.29, 0.717) is 18.2 Å². The van der Waals surface area contributed by atoms with E-state index in [1.165, 1.54) is 0 Å². The molecule has 96 valence electrons. The second-order valence-corrected chi connectivity index (χ2v) is 5.57. The highest BCUT2D eigenvalue weighted by Crippen LogP contribution is 2.23. The average Bonchev–Trinajstić information content (AvgIpc) is 2.94. The Hall–Kier alpha value is -1.62. The van der Waals surface area contributed by atoms with Gasteiger partial charge in [0, 0.05) is 13.6 Å². The first kappa shape index (κ1) is 12.8. The summed E-state index contributed by atoms with van der Waals surface area (Å²) >= 11 is 1.62. The zero-order chi connectivity index (χ0) is 13.1. The van der Waals surface area contributed by atoms with Crippen LogP contribution in [0.2, 0.25) is 0 Å². The molecule has 4 nitrogen and oxygen atoms in total. The van der Waals surface area contributed by atoms with Gasteiger partial charge in [-0.25, -0.2) is 0 Å². The number of carbonyl (C=O) groups excluding carboxylic acids is 1. The van der Waals surface area contributed by atoms with E-state index in [1.54, 1.807) is 23.1 Å². The Labute approximate surface area is 111 Å². The number of nitrogens with zero attached hydrogens (tertiary/aromatic N) is 2. The minimum absolute atomic E-state index is 0.0680. The molecule has 1 amide bonds. The highest BCUT2D eigenvalue weighted by atomic mass is 32.1. The molecule has 5 heteroatoms. The number of rotatable bonds is 4. The van der Waals surface area contributed by atoms with Crippen LogP contribution in [0.5, 0.6) is 0 Å². The van der Waals surface area contributed by atoms with Crippen molar-refractivity contribution < 1.29 is 4.79 Å². The molecular weight excluding hydrogens is 246 g/mol. The minimum Gasteiger partial charge on any atom is -0.350 e. The van der Waals surface area contributed by atoms with Crippen LogP contribution in [0.4, 0.5) is 0 Å². The molecule has 1 N–H and O–H groups in total. The van der Waals surface area contributed by atoms with E-state index in [1.807, 2.05) is 23.6 Å². The van der Waals surface area contributed by atoms with Gasteiger partial charge < -0.3 is 5.32 Å². The summed E-state index contributed by atoms with van der Waals surface area (Å²) in [6.07, 6.45) is 0. The van der Waals surface area contributed by atoms with E-state index < -0.39 is 0 Å². The summed E-state index contributed by atoms with van der Waals surface area (Å²) in [4.78, 5) is 13.1. The van der Waals surface area contributed by atoms with Gasteiger partial charge in [-0.15, -0.1) is 11.3 Å². The zero-order valence-corrected chi connectivity index (χ0v) is 11.6. The minimum atomic E-state index is -0.0680. The van der Waals surface area contributed by atoms with E-state index in [0.717, 1.165) is 10.6 Å². The number of amides is 1. The van der Waals surface area contributed by atoms with Crippen LogP contribution in [0.3, 0.4) is 0 Å². The van der Waals surface area contributed by atoms with Gasteiger partial charge in [-0.05, 0) is 23.4 Å². The molecule has 0 spiro atoms. The van der Waals surface area contributed by atoms with Gasteiger partial charge in [-0.3, -0.25) is 9.48 Å². The normalized spacial score (nSPS) is 10.9. The molecule has 0 bridgehead atoms. The van der Waals surface area contributed by atoms with Crippen molar-refractivity contribution >= 4 is 17.2 Å². The molecule has 2 aromatic heterocycles. The lowest BCUT2D eigenvalue weighted by atomic mass is 10.2. The van der Waals surface area contributed by atoms with Crippen molar-refractivity contribution in [3.63, 3.8) is 0 Å². The van der Waals surface area contributed by atoms with Crippen LogP contribution in [0.15, 0.2) is 23.6 Å². The van der Waals surface area contributed by atoms with E-state index in [2.05, 4.69) is 24.3 Å². The zero-order valence-electron chi connectivity index (χ0n) is 10.8. The maximum atomic E-state index is 12.0. The lowest BCUT2D eigenvalue weighted by Gasteiger charge is -2.06. The molecule has 0 aliphatic heterocycles. The van der Waals surface area contributed by atoms with E-state index >= 15 is 0 Å². The number of aryl methyl sites for hydroxylation is 1. The van der Waals surface area contributed by atoms with Gasteiger partial charge in [0.25, 0.3) is 5.91 Å². The van der Waals surface area contributed by atoms with E-state index in [4.69, 9.17) is 0 Å². The SMILES string of the molecule is CC(C)CNC(=O)c1cc(-c2cccs2)nn1C. The molecule has 0 saturated carbocycles. The summed E-state index contributed by atoms with van der Waals surface area (Å²) in [7, 11) is 1.79. The number of aromatic nitrogens is 2. The Kier molecular flexibility index (Phi) is 3.81. The van der Waals surface area contributed by atoms with Crippen molar-refractivity contribution in [2.75, 3.05) is 6.54 Å². The Morgan fingerprint density at radius 3 is 2.94 bits per heavy atom. The summed E-state index contributed by atoms with van der Waals surface area (Å²) in [6.45, 7) is 4.82. The Balaban J connectivity index is 2.17. The molecule has 0 aliphatic carbocycles. The van der Waals surface area contributed by atoms with Crippen LogP contribution in [-0.2, 0) is 7.05 Å². The lowest BCUT2D eigenvalue weighted by Crippen LogP contribution is -2.28. The second-order valence-electron chi connectivity index (χ2n) is 4.62. The van der Waals surface area contributed by atoms with Crippen LogP contribution in [-0.4, -0.2) is 22.2 Å². The Morgan fingerprint density at radius 2 is 2.33 bits per heavy atom. The fourth-order valence-electron chi connectivity index (χ4n) is 1.61. The highest BCUT2D eigenvalue weighted by Gasteiger charge is 2.14. The van der Waals surface area contributed by atoms with Crippen molar-refractivity contribution in [1.82, 2.24) is 15.1 Å². The van der Waals surface area contributed by atoms with Crippen molar-refractivity contribution in [3.8, 4) is 10.6 Å². The lowest BCUT2D eigenvalue weighted by molar-refractivity contribution is 0.0939. The molecule has 0 atom stereocenters. The van der Waals surface area contributed by atoms with Gasteiger partial charge in [0.1, 0.15) is 11.4 Å². The predicted octanol–water partition coefficient (Wildman–Crippen LogP) is 2.53. The maximum Gasteiger partial charge on any atom is 0.269 e. The standard InChI is InChI=1S/C13H17N3OS/c1-9(2)8-14-13(17)11-7-10(15-16(11)3)12-5-4-6-18-12/h4-7,9H,8H2,1-3H3,(H,14,17). The largest absolute Gasteiger partial charge is 0.350 e. The van der Waals surface area contributed by atoms with Crippen molar-refractivity contribution in [2.24, 2.45) is 13.0 Å². The molecule has 0 aromatic carbocycles. The molecule has 2 rings (SSSR count). The quantitative estimate of drug-likeness (QED) is 0.921. The van der Waals surface area contributed by atoms with Gasteiger partial charge in [0.05, 0.1) is 4.88 Å². The van der Waals surface area contributed by atoms with Crippen LogP contribution in [0.1, 0.15) is 24.3 Å². The van der Waals surface area contributed by atoms with Gasteiger partial charge in [0.15, 0.2) is 0 Å². The number of thiophene rings is 1. The van der Waals surface area contributed by atoms with Crippen LogP contribution >= 0.6 is 11.3 Å². The third kappa shape index (κ3) is 2.79. The molecular formula is C13H17N3OS. The number of carbonyl (C=O) groups is 1. The van der Waals surface area contributed by atoms with Gasteiger partial charge >= 0.3 is 0 Å². The van der Waals surface area contributed by atoms with Gasteiger partial charge in [-0.2, -0.15) is 5.10 Å². The third-order valence-corrected chi connectivity index (χ3v) is 3.45. The summed E-state index contributed by atoms with van der Waals surface area (Å²) < 4.78 is 1.63. The summed E-state index contributed by atoms with van der Waals surface area (Å²) in [5.74, 6) is 0.375. The van der Waals surface area contributed by atoms with Gasteiger partial charge in [0.2, 0.25) is 0 Å². The molecule has 0 fully saturated rings. The molecule has 0 saturated heterocycles. The molecule has 0 radical (unpaired) electrons. The Morgan fingerprint density at radius 1 is 1.56 bits per heavy atom. The van der Waals surface area contributed by atoms with Gasteiger partial charge in [-0.1, -0.05) is 19.9 Å². The van der Waals surface area contributed by atoms with Crippen LogP contribution < -0.4 is 5.32 Å². The second kappa shape index (κ2) is 5.35. The van der Waals surface area contributed by atoms with Crippen LogP contribution in [0, 0.1) is 5.92 Å². The maximum absolute atomic E-state index is 12.0. The molecule has 2 heterocycles. The van der Waals surface area contributed by atoms with E-state index in [-0.39, 0.29) is 5.91 Å². The Bertz CT molecular complexity index is 528. The molecule has 0 unspecified atom stereocenters. The first-order valence-electron chi connectivity index (χ1n) is 5.94. The van der Waals surface area contributed by atoms with Crippen molar-refractivity contribution in [1.29, 1.82) is 0 Å². The number of hydrogen-bond acceptors (Lipinski definition) is 3. The average molecular weight is 263 g/mol. The summed E-state index contributed by atoms with van der Waals surface area (Å²) in [5, 5.41) is 9.27. The summed E-state index contributed by atoms with van der Waals surface area (Å²) in [5.41, 5.74) is 1.45. The first-order valence-corrected chi connectivity index (χ1v) is 6.82. The smallest absolute Gasteiger partial charge is 0.269 e. The topological polar surface area (TPSA) is 46.9 Å². The first-order chi connectivity index (χ1) is 8.58. The fourth-order valence-corrected chi connectivity index (χ4v) is 2.29. The monoisotopic (exact) mass is 263 g/mol. The molecule has 2 aromatic rings. The van der Waals surface area contributed by atoms with E-state index in [9.17, 15) is 4.79 Å². The highest BCUT2D eigenvalue weighted by molar-refractivity contribution is 7.13. The third-order valence-electron chi connectivity index (χ3n) is 2.56. The van der Waals surface area contributed by atoms with Crippen molar-refractivity contribution in [3.05, 3.63) is 29.3 Å².